The van der Waals surface area contributed by atoms with Crippen molar-refractivity contribution in [2.45, 2.75) is 26.2 Å². The van der Waals surface area contributed by atoms with Crippen LogP contribution in [0.4, 0.5) is 0 Å². The fraction of sp³-hybridized carbons (Fsp3) is 0.444. The predicted molar refractivity (Wildman–Crippen MR) is 44.9 cm³/mol. The van der Waals surface area contributed by atoms with Crippen LogP contribution in [-0.4, -0.2) is 9.97 Å². The average molecular weight is 149 g/mol. The minimum absolute atomic E-state index is 1.02. The first-order chi connectivity index (χ1) is 5.43. The van der Waals surface area contributed by atoms with Crippen molar-refractivity contribution in [3.63, 3.8) is 0 Å². The van der Waals surface area contributed by atoms with E-state index in [1.54, 1.807) is 12.4 Å². The van der Waals surface area contributed by atoms with Crippen LogP contribution in [0.1, 0.15) is 25.5 Å². The second-order valence-corrected chi connectivity index (χ2v) is 2.43. The van der Waals surface area contributed by atoms with Crippen molar-refractivity contribution in [3.8, 4) is 0 Å². The Labute approximate surface area is 67.7 Å². The summed E-state index contributed by atoms with van der Waals surface area (Å²) in [6.45, 7) is 2.15. The topological polar surface area (TPSA) is 25.8 Å². The molecule has 0 spiro atoms. The first kappa shape index (κ1) is 8.18. The number of hydrogen-bond donors (Lipinski definition) is 0. The highest BCUT2D eigenvalue weighted by Crippen LogP contribution is 2.00. The summed E-state index contributed by atoms with van der Waals surface area (Å²) < 4.78 is 0. The number of rotatable bonds is 4. The Bertz CT molecular complexity index is 184. The fourth-order valence-electron chi connectivity index (χ4n) is 0.913. The normalized spacial score (nSPS) is 9.91. The molecule has 11 heavy (non-hydrogen) atoms. The zero-order chi connectivity index (χ0) is 7.94. The summed E-state index contributed by atoms with van der Waals surface area (Å²) in [5.74, 6) is 0. The summed E-state index contributed by atoms with van der Waals surface area (Å²) in [6.07, 6.45) is 10.8. The van der Waals surface area contributed by atoms with E-state index < -0.39 is 0 Å². The zero-order valence-corrected chi connectivity index (χ0v) is 6.83. The molecule has 0 aliphatic carbocycles. The summed E-state index contributed by atoms with van der Waals surface area (Å²) in [5, 5.41) is 0. The van der Waals surface area contributed by atoms with Crippen LogP contribution in [0.3, 0.4) is 0 Å². The quantitative estimate of drug-likeness (QED) is 0.612. The van der Waals surface area contributed by atoms with Gasteiger partial charge in [0.25, 0.3) is 0 Å². The lowest BCUT2D eigenvalue weighted by molar-refractivity contribution is 0.844. The van der Waals surface area contributed by atoms with Gasteiger partial charge < -0.3 is 0 Å². The van der Waals surface area contributed by atoms with E-state index in [-0.39, 0.29) is 0 Å². The molecule has 0 saturated carbocycles. The van der Waals surface area contributed by atoms with Crippen LogP contribution in [0.2, 0.25) is 0 Å². The van der Waals surface area contributed by atoms with Crippen molar-refractivity contribution in [3.05, 3.63) is 30.7 Å². The van der Waals surface area contributed by atoms with Crippen LogP contribution in [-0.2, 0) is 6.42 Å². The van der Waals surface area contributed by atoms with E-state index in [0.29, 0.717) is 0 Å². The van der Waals surface area contributed by atoms with Gasteiger partial charge in [-0.1, -0.05) is 13.3 Å². The van der Waals surface area contributed by atoms with Gasteiger partial charge in [0, 0.05) is 18.6 Å². The molecule has 1 aromatic rings. The molecule has 0 amide bonds. The maximum atomic E-state index is 4.17. The molecule has 2 nitrogen and oxygen atoms in total. The first-order valence-corrected chi connectivity index (χ1v) is 4.00. The largest absolute Gasteiger partial charge is 0.261 e. The van der Waals surface area contributed by atoms with E-state index in [0.717, 1.165) is 25.0 Å². The van der Waals surface area contributed by atoms with Crippen LogP contribution in [0.15, 0.2) is 18.6 Å². The number of nitrogens with zero attached hydrogens (tertiary/aromatic N) is 2. The van der Waals surface area contributed by atoms with Gasteiger partial charge in [-0.05, 0) is 19.3 Å². The van der Waals surface area contributed by atoms with Crippen LogP contribution in [0.5, 0.6) is 0 Å². The SMILES string of the molecule is CC[CH]CCc1cnccn1. The Balaban J connectivity index is 2.28. The summed E-state index contributed by atoms with van der Waals surface area (Å²) >= 11 is 0. The molecule has 0 aliphatic rings. The van der Waals surface area contributed by atoms with Gasteiger partial charge in [-0.25, -0.2) is 0 Å². The van der Waals surface area contributed by atoms with Gasteiger partial charge >= 0.3 is 0 Å². The van der Waals surface area contributed by atoms with E-state index in [1.165, 1.54) is 0 Å². The molecule has 0 N–H and O–H groups in total. The lowest BCUT2D eigenvalue weighted by Gasteiger charge is -1.96. The van der Waals surface area contributed by atoms with Gasteiger partial charge in [-0.2, -0.15) is 0 Å². The minimum atomic E-state index is 1.02. The Hall–Kier alpha value is -0.920. The van der Waals surface area contributed by atoms with Crippen molar-refractivity contribution in [1.29, 1.82) is 0 Å². The van der Waals surface area contributed by atoms with Gasteiger partial charge in [0.15, 0.2) is 0 Å². The Morgan fingerprint density at radius 1 is 1.45 bits per heavy atom. The van der Waals surface area contributed by atoms with Crippen LogP contribution in [0, 0.1) is 6.42 Å². The van der Waals surface area contributed by atoms with Crippen LogP contribution >= 0.6 is 0 Å². The smallest absolute Gasteiger partial charge is 0.0586 e. The Morgan fingerprint density at radius 3 is 3.00 bits per heavy atom. The molecule has 0 bridgehead atoms. The maximum Gasteiger partial charge on any atom is 0.0586 e. The molecule has 0 atom stereocenters. The second kappa shape index (κ2) is 4.83. The van der Waals surface area contributed by atoms with E-state index in [9.17, 15) is 0 Å². The second-order valence-electron chi connectivity index (χ2n) is 2.43. The minimum Gasteiger partial charge on any atom is -0.261 e. The van der Waals surface area contributed by atoms with Gasteiger partial charge in [0.05, 0.1) is 5.69 Å². The average Bonchev–Trinajstić information content (AvgIpc) is 2.07. The predicted octanol–water partition coefficient (Wildman–Crippen LogP) is 2.02. The van der Waals surface area contributed by atoms with Crippen molar-refractivity contribution in [1.82, 2.24) is 9.97 Å². The zero-order valence-electron chi connectivity index (χ0n) is 6.83. The molecule has 1 heterocycles. The molecule has 1 aromatic heterocycles. The van der Waals surface area contributed by atoms with E-state index in [2.05, 4.69) is 23.3 Å². The molecule has 1 radical (unpaired) electrons. The van der Waals surface area contributed by atoms with E-state index >= 15 is 0 Å². The molecule has 0 aromatic carbocycles. The summed E-state index contributed by atoms with van der Waals surface area (Å²) in [7, 11) is 0. The van der Waals surface area contributed by atoms with E-state index in [1.807, 2.05) is 6.20 Å². The standard InChI is InChI=1S/C9H13N2/c1-2-3-4-5-9-8-10-6-7-11-9/h3,6-8H,2,4-5H2,1H3. The van der Waals surface area contributed by atoms with Crippen LogP contribution in [0.25, 0.3) is 0 Å². The van der Waals surface area contributed by atoms with Crippen molar-refractivity contribution >= 4 is 0 Å². The number of unbranched alkanes of at least 4 members (excludes halogenated alkanes) is 2. The number of aromatic nitrogens is 2. The number of aryl methyl sites for hydroxylation is 1. The van der Waals surface area contributed by atoms with Crippen LogP contribution < -0.4 is 0 Å². The third kappa shape index (κ3) is 3.12. The number of hydrogen-bond acceptors (Lipinski definition) is 2. The molecule has 2 heteroatoms. The monoisotopic (exact) mass is 149 g/mol. The van der Waals surface area contributed by atoms with Gasteiger partial charge in [-0.15, -0.1) is 0 Å². The lowest BCUT2D eigenvalue weighted by Crippen LogP contribution is -1.90. The highest BCUT2D eigenvalue weighted by Gasteiger charge is 1.91. The highest BCUT2D eigenvalue weighted by molar-refractivity contribution is 4.95. The molecule has 59 valence electrons. The molecular weight excluding hydrogens is 136 g/mol. The Morgan fingerprint density at radius 2 is 2.36 bits per heavy atom. The van der Waals surface area contributed by atoms with Crippen molar-refractivity contribution in [2.24, 2.45) is 0 Å². The molecule has 0 fully saturated rings. The van der Waals surface area contributed by atoms with E-state index in [4.69, 9.17) is 0 Å². The molecule has 1 rings (SSSR count). The Kier molecular flexibility index (Phi) is 3.59. The summed E-state index contributed by atoms with van der Waals surface area (Å²) in [6, 6.07) is 0. The third-order valence-corrected chi connectivity index (χ3v) is 1.51. The van der Waals surface area contributed by atoms with Gasteiger partial charge in [-0.3, -0.25) is 9.97 Å². The molecular formula is C9H13N2. The maximum absolute atomic E-state index is 4.17. The molecule has 0 saturated heterocycles. The first-order valence-electron chi connectivity index (χ1n) is 4.00. The fourth-order valence-corrected chi connectivity index (χ4v) is 0.913. The summed E-state index contributed by atoms with van der Waals surface area (Å²) in [5.41, 5.74) is 1.08. The van der Waals surface area contributed by atoms with Crippen molar-refractivity contribution in [2.75, 3.05) is 0 Å². The van der Waals surface area contributed by atoms with Crippen molar-refractivity contribution < 1.29 is 0 Å². The third-order valence-electron chi connectivity index (χ3n) is 1.51. The van der Waals surface area contributed by atoms with Gasteiger partial charge in [0.2, 0.25) is 0 Å². The molecule has 0 unspecified atom stereocenters. The highest BCUT2D eigenvalue weighted by atomic mass is 14.8. The lowest BCUT2D eigenvalue weighted by atomic mass is 10.2. The molecule has 0 aliphatic heterocycles. The summed E-state index contributed by atoms with van der Waals surface area (Å²) in [4.78, 5) is 8.16. The van der Waals surface area contributed by atoms with Gasteiger partial charge in [0.1, 0.15) is 0 Å².